The number of esters is 1. The Morgan fingerprint density at radius 1 is 0.962 bits per heavy atom. The van der Waals surface area contributed by atoms with Crippen molar-refractivity contribution in [2.24, 2.45) is 0 Å². The molecule has 5 nitrogen and oxygen atoms in total. The van der Waals surface area contributed by atoms with Crippen molar-refractivity contribution in [2.45, 2.75) is 12.3 Å². The average Bonchev–Trinajstić information content (AvgIpc) is 2.66. The summed E-state index contributed by atoms with van der Waals surface area (Å²) in [6, 6.07) is 20.0. The molecule has 26 heavy (non-hydrogen) atoms. The Morgan fingerprint density at radius 3 is 2.38 bits per heavy atom. The number of methoxy groups -OCH3 is 1. The van der Waals surface area contributed by atoms with Crippen LogP contribution in [0.4, 0.5) is 0 Å². The molecule has 0 fully saturated rings. The molecule has 0 aromatic heterocycles. The summed E-state index contributed by atoms with van der Waals surface area (Å²) in [5.41, 5.74) is 1.91. The number of fused-ring (bicyclic) bond motifs is 1. The Labute approximate surface area is 152 Å². The second kappa shape index (κ2) is 7.68. The van der Waals surface area contributed by atoms with Crippen molar-refractivity contribution in [3.05, 3.63) is 83.4 Å². The second-order valence-electron chi connectivity index (χ2n) is 5.91. The molecule has 0 unspecified atom stereocenters. The fourth-order valence-electron chi connectivity index (χ4n) is 2.76. The van der Waals surface area contributed by atoms with Crippen LogP contribution in [0.3, 0.4) is 0 Å². The van der Waals surface area contributed by atoms with E-state index >= 15 is 0 Å². The van der Waals surface area contributed by atoms with Crippen molar-refractivity contribution >= 4 is 26.8 Å². The van der Waals surface area contributed by atoms with Crippen LogP contribution in [0, 0.1) is 0 Å². The van der Waals surface area contributed by atoms with Gasteiger partial charge in [-0.05, 0) is 34.0 Å². The fraction of sp³-hybridized carbons (Fsp3) is 0.150. The van der Waals surface area contributed by atoms with E-state index in [0.29, 0.717) is 11.1 Å². The number of benzene rings is 3. The first kappa shape index (κ1) is 18.1. The number of ether oxygens (including phenoxy) is 1. The SMILES string of the molecule is COC(=O)c1ccc(CS(=O)(=O)NCc2cccc3ccccc23)cc1. The van der Waals surface area contributed by atoms with Gasteiger partial charge in [0.05, 0.1) is 18.4 Å². The molecule has 0 saturated carbocycles. The highest BCUT2D eigenvalue weighted by Crippen LogP contribution is 2.18. The Hall–Kier alpha value is -2.70. The lowest BCUT2D eigenvalue weighted by Gasteiger charge is -2.10. The number of rotatable bonds is 6. The van der Waals surface area contributed by atoms with E-state index in [0.717, 1.165) is 16.3 Å². The Kier molecular flexibility index (Phi) is 5.35. The van der Waals surface area contributed by atoms with Crippen LogP contribution >= 0.6 is 0 Å². The zero-order valence-corrected chi connectivity index (χ0v) is 15.1. The predicted octanol–water partition coefficient (Wildman–Crippen LogP) is 3.25. The monoisotopic (exact) mass is 369 g/mol. The van der Waals surface area contributed by atoms with Crippen molar-refractivity contribution in [3.8, 4) is 0 Å². The van der Waals surface area contributed by atoms with Gasteiger partial charge in [0.1, 0.15) is 0 Å². The summed E-state index contributed by atoms with van der Waals surface area (Å²) < 4.78 is 32.0. The van der Waals surface area contributed by atoms with Gasteiger partial charge in [0.25, 0.3) is 0 Å². The van der Waals surface area contributed by atoms with Gasteiger partial charge in [-0.15, -0.1) is 0 Å². The molecule has 0 bridgehead atoms. The second-order valence-corrected chi connectivity index (χ2v) is 7.71. The molecule has 0 atom stereocenters. The zero-order chi connectivity index (χ0) is 18.6. The minimum absolute atomic E-state index is 0.154. The maximum absolute atomic E-state index is 12.4. The van der Waals surface area contributed by atoms with Crippen molar-refractivity contribution in [1.82, 2.24) is 4.72 Å². The van der Waals surface area contributed by atoms with E-state index in [9.17, 15) is 13.2 Å². The first-order valence-electron chi connectivity index (χ1n) is 8.10. The van der Waals surface area contributed by atoms with E-state index in [4.69, 9.17) is 0 Å². The zero-order valence-electron chi connectivity index (χ0n) is 14.3. The lowest BCUT2D eigenvalue weighted by molar-refractivity contribution is 0.0600. The van der Waals surface area contributed by atoms with Crippen LogP contribution in [0.2, 0.25) is 0 Å². The third kappa shape index (κ3) is 4.28. The predicted molar refractivity (Wildman–Crippen MR) is 101 cm³/mol. The highest BCUT2D eigenvalue weighted by Gasteiger charge is 2.13. The number of carbonyl (C=O) groups excluding carboxylic acids is 1. The van der Waals surface area contributed by atoms with Crippen LogP contribution in [-0.4, -0.2) is 21.5 Å². The summed E-state index contributed by atoms with van der Waals surface area (Å²) in [5, 5.41) is 2.10. The van der Waals surface area contributed by atoms with Crippen LogP contribution < -0.4 is 4.72 Å². The summed E-state index contributed by atoms with van der Waals surface area (Å²) in [6.07, 6.45) is 0. The smallest absolute Gasteiger partial charge is 0.337 e. The molecule has 3 aromatic carbocycles. The lowest BCUT2D eigenvalue weighted by atomic mass is 10.1. The van der Waals surface area contributed by atoms with E-state index in [1.165, 1.54) is 7.11 Å². The highest BCUT2D eigenvalue weighted by atomic mass is 32.2. The van der Waals surface area contributed by atoms with Gasteiger partial charge >= 0.3 is 5.97 Å². The van der Waals surface area contributed by atoms with E-state index in [1.807, 2.05) is 42.5 Å². The largest absolute Gasteiger partial charge is 0.465 e. The van der Waals surface area contributed by atoms with E-state index in [2.05, 4.69) is 9.46 Å². The summed E-state index contributed by atoms with van der Waals surface area (Å²) in [7, 11) is -2.20. The lowest BCUT2D eigenvalue weighted by Crippen LogP contribution is -2.24. The van der Waals surface area contributed by atoms with E-state index in [1.54, 1.807) is 24.3 Å². The van der Waals surface area contributed by atoms with Crippen LogP contribution in [0.5, 0.6) is 0 Å². The normalized spacial score (nSPS) is 11.4. The summed E-state index contributed by atoms with van der Waals surface area (Å²) in [6.45, 7) is 0.226. The molecule has 3 aromatic rings. The number of sulfonamides is 1. The standard InChI is InChI=1S/C20H19NO4S/c1-25-20(22)17-11-9-15(10-12-17)14-26(23,24)21-13-18-7-4-6-16-5-2-3-8-19(16)18/h2-12,21H,13-14H2,1H3. The van der Waals surface area contributed by atoms with Gasteiger partial charge in [-0.1, -0.05) is 54.6 Å². The maximum atomic E-state index is 12.4. The number of hydrogen-bond donors (Lipinski definition) is 1. The van der Waals surface area contributed by atoms with Crippen molar-refractivity contribution in [3.63, 3.8) is 0 Å². The van der Waals surface area contributed by atoms with Gasteiger partial charge in [-0.25, -0.2) is 17.9 Å². The molecular formula is C20H19NO4S. The minimum Gasteiger partial charge on any atom is -0.465 e. The molecule has 0 spiro atoms. The molecule has 6 heteroatoms. The highest BCUT2D eigenvalue weighted by molar-refractivity contribution is 7.88. The van der Waals surface area contributed by atoms with Crippen LogP contribution in [0.25, 0.3) is 10.8 Å². The molecule has 0 aliphatic rings. The first-order chi connectivity index (χ1) is 12.5. The number of hydrogen-bond acceptors (Lipinski definition) is 4. The van der Waals surface area contributed by atoms with Crippen molar-refractivity contribution in [2.75, 3.05) is 7.11 Å². The van der Waals surface area contributed by atoms with Gasteiger partial charge in [0, 0.05) is 6.54 Å². The molecule has 0 heterocycles. The van der Waals surface area contributed by atoms with Crippen molar-refractivity contribution < 1.29 is 17.9 Å². The fourth-order valence-corrected chi connectivity index (χ4v) is 3.87. The molecule has 3 rings (SSSR count). The number of nitrogens with one attached hydrogen (secondary N) is 1. The molecule has 0 radical (unpaired) electrons. The molecule has 0 saturated heterocycles. The molecule has 0 aliphatic heterocycles. The quantitative estimate of drug-likeness (QED) is 0.677. The molecule has 0 amide bonds. The third-order valence-corrected chi connectivity index (χ3v) is 5.39. The Bertz CT molecular complexity index is 1020. The van der Waals surface area contributed by atoms with Gasteiger partial charge in [0.2, 0.25) is 10.0 Å². The van der Waals surface area contributed by atoms with Gasteiger partial charge in [-0.2, -0.15) is 0 Å². The van der Waals surface area contributed by atoms with Gasteiger partial charge < -0.3 is 4.74 Å². The summed E-state index contributed by atoms with van der Waals surface area (Å²) >= 11 is 0. The van der Waals surface area contributed by atoms with E-state index < -0.39 is 16.0 Å². The van der Waals surface area contributed by atoms with E-state index in [-0.39, 0.29) is 12.3 Å². The van der Waals surface area contributed by atoms with Crippen molar-refractivity contribution in [1.29, 1.82) is 0 Å². The molecule has 134 valence electrons. The number of carbonyl (C=O) groups is 1. The summed E-state index contributed by atoms with van der Waals surface area (Å²) in [5.74, 6) is -0.604. The molecular weight excluding hydrogens is 350 g/mol. The average molecular weight is 369 g/mol. The topological polar surface area (TPSA) is 72.5 Å². The van der Waals surface area contributed by atoms with Crippen LogP contribution in [-0.2, 0) is 27.1 Å². The Morgan fingerprint density at radius 2 is 1.65 bits per heavy atom. The Balaban J connectivity index is 1.70. The minimum atomic E-state index is -3.51. The van der Waals surface area contributed by atoms with Gasteiger partial charge in [0.15, 0.2) is 0 Å². The summed E-state index contributed by atoms with van der Waals surface area (Å²) in [4.78, 5) is 11.4. The van der Waals surface area contributed by atoms with Crippen LogP contribution in [0.1, 0.15) is 21.5 Å². The molecule has 0 aliphatic carbocycles. The van der Waals surface area contributed by atoms with Crippen LogP contribution in [0.15, 0.2) is 66.7 Å². The molecule has 1 N–H and O–H groups in total. The maximum Gasteiger partial charge on any atom is 0.337 e. The van der Waals surface area contributed by atoms with Gasteiger partial charge in [-0.3, -0.25) is 0 Å². The first-order valence-corrected chi connectivity index (χ1v) is 9.75. The third-order valence-electron chi connectivity index (χ3n) is 4.09.